The molecule has 0 aliphatic rings. The Hall–Kier alpha value is -5.92. The molecule has 398 valence electrons. The van der Waals surface area contributed by atoms with Crippen LogP contribution in [0.15, 0.2) is 146 Å². The molecule has 0 aliphatic heterocycles. The topological polar surface area (TPSA) is 230 Å². The van der Waals surface area contributed by atoms with E-state index in [1.165, 1.54) is 56.9 Å². The zero-order chi connectivity index (χ0) is 54.8. The summed E-state index contributed by atoms with van der Waals surface area (Å²) in [7, 11) is 0. The van der Waals surface area contributed by atoms with E-state index in [2.05, 4.69) is 40.9 Å². The van der Waals surface area contributed by atoms with Gasteiger partial charge in [0, 0.05) is 0 Å². The van der Waals surface area contributed by atoms with Crippen LogP contribution in [0.3, 0.4) is 0 Å². The first kappa shape index (κ1) is 71.6. The van der Waals surface area contributed by atoms with Gasteiger partial charge in [0.2, 0.25) is 0 Å². The fraction of sp³-hybridized carbons (Fsp3) is 0.458. The zero-order valence-corrected chi connectivity index (χ0v) is 44.0. The van der Waals surface area contributed by atoms with E-state index in [9.17, 15) is 19.2 Å². The van der Waals surface area contributed by atoms with Gasteiger partial charge in [-0.1, -0.05) is 158 Å². The maximum atomic E-state index is 10.2. The summed E-state index contributed by atoms with van der Waals surface area (Å²) in [6, 6.07) is 33.2. The first-order chi connectivity index (χ1) is 33.7. The van der Waals surface area contributed by atoms with Crippen LogP contribution in [0, 0.1) is 5.92 Å². The van der Waals surface area contributed by atoms with Crippen LogP contribution in [0.4, 0.5) is 0 Å². The molecule has 4 atom stereocenters. The number of rotatable bonds is 21. The van der Waals surface area contributed by atoms with Crippen molar-refractivity contribution in [3.63, 3.8) is 0 Å². The standard InChI is InChI=1S/C9H18.C8H16.4C7H6O2.2C7H16O2/c1-4-7-8-9(5-2)6-3;1-4-5-6-7-8(2)3;4*8-7(9)6-4-2-1-3-5-6;2*1-3-4-7(9)5-6(2)8/h4,9H,1,5-8H2,2-3H3;2,4-7H2,1,3H3;4*1-5H,(H,8,9);2*6-9H,3-5H2,1-2H3. The molecule has 12 nitrogen and oxygen atoms in total. The van der Waals surface area contributed by atoms with Crippen LogP contribution < -0.4 is 0 Å². The highest BCUT2D eigenvalue weighted by Crippen LogP contribution is 2.14. The minimum atomic E-state index is -0.879. The lowest BCUT2D eigenvalue weighted by Crippen LogP contribution is -2.14. The number of aliphatic hydroxyl groups excluding tert-OH is 4. The Labute approximate surface area is 426 Å². The summed E-state index contributed by atoms with van der Waals surface area (Å²) < 4.78 is 0. The summed E-state index contributed by atoms with van der Waals surface area (Å²) in [4.78, 5) is 40.8. The Morgan fingerprint density at radius 1 is 0.479 bits per heavy atom. The number of carboxylic acid groups (broad SMARTS) is 4. The normalized spacial score (nSPS) is 11.2. The average molecular weight is 991 g/mol. The molecule has 0 heterocycles. The fourth-order valence-electron chi connectivity index (χ4n) is 5.74. The maximum absolute atomic E-state index is 10.2. The number of hydrogen-bond acceptors (Lipinski definition) is 8. The Bertz CT molecular complexity index is 1630. The van der Waals surface area contributed by atoms with Gasteiger partial charge >= 0.3 is 23.9 Å². The molecule has 4 rings (SSSR count). The fourth-order valence-corrected chi connectivity index (χ4v) is 5.74. The molecule has 4 unspecified atom stereocenters. The number of benzene rings is 4. The van der Waals surface area contributed by atoms with Gasteiger partial charge in [-0.15, -0.1) is 13.2 Å². The van der Waals surface area contributed by atoms with E-state index < -0.39 is 23.9 Å². The largest absolute Gasteiger partial charge is 0.478 e. The van der Waals surface area contributed by atoms with Crippen molar-refractivity contribution in [2.75, 3.05) is 0 Å². The van der Waals surface area contributed by atoms with Crippen LogP contribution in [0.2, 0.25) is 0 Å². The molecule has 0 aliphatic carbocycles. The van der Waals surface area contributed by atoms with Gasteiger partial charge in [0.25, 0.3) is 0 Å². The zero-order valence-electron chi connectivity index (χ0n) is 44.0. The Morgan fingerprint density at radius 2 is 0.761 bits per heavy atom. The Morgan fingerprint density at radius 3 is 0.930 bits per heavy atom. The molecule has 4 aromatic carbocycles. The summed E-state index contributed by atoms with van der Waals surface area (Å²) in [5.41, 5.74) is 2.64. The third-order valence-corrected chi connectivity index (χ3v) is 9.69. The van der Waals surface area contributed by atoms with Crippen molar-refractivity contribution < 1.29 is 60.0 Å². The highest BCUT2D eigenvalue weighted by atomic mass is 16.4. The number of allylic oxidation sites excluding steroid dienone is 2. The van der Waals surface area contributed by atoms with Crippen LogP contribution in [0.25, 0.3) is 0 Å². The van der Waals surface area contributed by atoms with Crippen molar-refractivity contribution in [3.8, 4) is 0 Å². The molecule has 0 fully saturated rings. The Kier molecular flexibility index (Phi) is 50.9. The van der Waals surface area contributed by atoms with Crippen molar-refractivity contribution >= 4 is 23.9 Å². The van der Waals surface area contributed by atoms with Crippen molar-refractivity contribution in [2.45, 2.75) is 170 Å². The predicted molar refractivity (Wildman–Crippen MR) is 290 cm³/mol. The number of unbranched alkanes of at least 4 members (excludes halogenated alkanes) is 2. The molecule has 71 heavy (non-hydrogen) atoms. The van der Waals surface area contributed by atoms with Gasteiger partial charge in [-0.25, -0.2) is 19.2 Å². The molecule has 8 N–H and O–H groups in total. The molecule has 0 bridgehead atoms. The molecule has 0 amide bonds. The first-order valence-corrected chi connectivity index (χ1v) is 24.8. The van der Waals surface area contributed by atoms with Crippen molar-refractivity contribution in [1.29, 1.82) is 0 Å². The van der Waals surface area contributed by atoms with E-state index in [0.717, 1.165) is 31.6 Å². The highest BCUT2D eigenvalue weighted by Gasteiger charge is 2.06. The lowest BCUT2D eigenvalue weighted by molar-refractivity contribution is 0.0686. The van der Waals surface area contributed by atoms with Crippen LogP contribution >= 0.6 is 0 Å². The lowest BCUT2D eigenvalue weighted by Gasteiger charge is -2.09. The van der Waals surface area contributed by atoms with E-state index >= 15 is 0 Å². The summed E-state index contributed by atoms with van der Waals surface area (Å²) in [5.74, 6) is -2.58. The SMILES string of the molecule is C=C(C)CCCCC.C=CCCC(CC)CC.CCCC(O)CC(C)O.CCCC(O)CC(C)O.O=C(O)c1ccccc1.O=C(O)c1ccccc1.O=C(O)c1ccccc1.O=C(O)c1ccccc1. The lowest BCUT2D eigenvalue weighted by atomic mass is 9.98. The molecule has 0 aromatic heterocycles. The van der Waals surface area contributed by atoms with E-state index in [4.69, 9.17) is 40.9 Å². The van der Waals surface area contributed by atoms with E-state index in [-0.39, 0.29) is 24.4 Å². The van der Waals surface area contributed by atoms with E-state index in [1.54, 1.807) is 135 Å². The minimum absolute atomic E-state index is 0.310. The van der Waals surface area contributed by atoms with Crippen LogP contribution in [0.1, 0.15) is 187 Å². The predicted octanol–water partition coefficient (Wildman–Crippen LogP) is 13.9. The summed E-state index contributed by atoms with van der Waals surface area (Å²) in [5, 5.41) is 69.2. The molecule has 0 spiro atoms. The number of hydrogen-bond donors (Lipinski definition) is 8. The number of aliphatic hydroxyl groups is 4. The van der Waals surface area contributed by atoms with Crippen molar-refractivity contribution in [2.24, 2.45) is 5.92 Å². The second-order valence-electron chi connectivity index (χ2n) is 16.7. The number of aromatic carboxylic acids is 4. The molecule has 4 aromatic rings. The second-order valence-corrected chi connectivity index (χ2v) is 16.7. The molecule has 0 saturated heterocycles. The average Bonchev–Trinajstić information content (AvgIpc) is 3.34. The number of carboxylic acids is 4. The third kappa shape index (κ3) is 51.8. The van der Waals surface area contributed by atoms with Gasteiger partial charge in [0.1, 0.15) is 0 Å². The van der Waals surface area contributed by atoms with Gasteiger partial charge in [-0.3, -0.25) is 0 Å². The van der Waals surface area contributed by atoms with Crippen LogP contribution in [0.5, 0.6) is 0 Å². The van der Waals surface area contributed by atoms with Crippen molar-refractivity contribution in [1.82, 2.24) is 0 Å². The van der Waals surface area contributed by atoms with Gasteiger partial charge in [-0.05, 0) is 127 Å². The summed E-state index contributed by atoms with van der Waals surface area (Å²) in [6.07, 6.45) is 15.6. The molecule has 0 radical (unpaired) electrons. The Balaban J connectivity index is -0.000000361. The number of carbonyl (C=O) groups is 4. The van der Waals surface area contributed by atoms with Crippen LogP contribution in [-0.2, 0) is 0 Å². The smallest absolute Gasteiger partial charge is 0.335 e. The molecular formula is C59H90O12. The summed E-state index contributed by atoms with van der Waals surface area (Å²) >= 11 is 0. The maximum Gasteiger partial charge on any atom is 0.335 e. The van der Waals surface area contributed by atoms with Crippen LogP contribution in [-0.4, -0.2) is 89.1 Å². The molecular weight excluding hydrogens is 901 g/mol. The molecule has 0 saturated carbocycles. The van der Waals surface area contributed by atoms with Gasteiger partial charge in [0.05, 0.1) is 46.7 Å². The van der Waals surface area contributed by atoms with E-state index in [1.807, 2.05) is 19.9 Å². The third-order valence-electron chi connectivity index (χ3n) is 9.69. The summed E-state index contributed by atoms with van der Waals surface area (Å²) in [6.45, 7) is 23.8. The quantitative estimate of drug-likeness (QED) is 0.0288. The van der Waals surface area contributed by atoms with E-state index in [0.29, 0.717) is 35.1 Å². The first-order valence-electron chi connectivity index (χ1n) is 24.8. The van der Waals surface area contributed by atoms with Gasteiger partial charge in [-0.2, -0.15) is 0 Å². The van der Waals surface area contributed by atoms with Gasteiger partial charge < -0.3 is 40.9 Å². The van der Waals surface area contributed by atoms with Crippen molar-refractivity contribution in [3.05, 3.63) is 168 Å². The molecule has 12 heteroatoms. The monoisotopic (exact) mass is 991 g/mol. The highest BCUT2D eigenvalue weighted by molar-refractivity contribution is 5.88. The minimum Gasteiger partial charge on any atom is -0.478 e. The second kappa shape index (κ2) is 50.5. The van der Waals surface area contributed by atoms with Gasteiger partial charge in [0.15, 0.2) is 0 Å².